The minimum atomic E-state index is -1.26. The topological polar surface area (TPSA) is 109 Å². The first-order valence-electron chi connectivity index (χ1n) is 1.79. The van der Waals surface area contributed by atoms with Crippen LogP contribution in [0.1, 0.15) is 6.42 Å². The Balaban J connectivity index is -0.000000245. The number of rotatable bonds is 2. The van der Waals surface area contributed by atoms with Gasteiger partial charge in [-0.2, -0.15) is 0 Å². The van der Waals surface area contributed by atoms with E-state index in [4.69, 9.17) is 0 Å². The van der Waals surface area contributed by atoms with Gasteiger partial charge in [-0.3, -0.25) is 10.1 Å². The van der Waals surface area contributed by atoms with Crippen LogP contribution in [0.25, 0.3) is 0 Å². The van der Waals surface area contributed by atoms with Crippen molar-refractivity contribution in [2.75, 3.05) is 0 Å². The van der Waals surface area contributed by atoms with Crippen molar-refractivity contribution in [3.63, 3.8) is 0 Å². The first kappa shape index (κ1) is 16.4. The second-order valence-electron chi connectivity index (χ2n) is 1.02. The van der Waals surface area contributed by atoms with E-state index in [0.717, 1.165) is 0 Å². The van der Waals surface area contributed by atoms with Crippen LogP contribution in [0.2, 0.25) is 0 Å². The molecule has 54 valence electrons. The number of nitrogens with zero attached hydrogens (tertiary/aromatic N) is 1. The predicted octanol–water partition coefficient (Wildman–Crippen LogP) is -2.09. The molecule has 0 heterocycles. The van der Waals surface area contributed by atoms with Crippen molar-refractivity contribution in [1.82, 2.24) is 0 Å². The number of aldehydes is 1. The molecule has 0 aromatic rings. The maximum atomic E-state index is 9.81. The van der Waals surface area contributed by atoms with E-state index in [1.807, 2.05) is 0 Å². The minimum absolute atomic E-state index is 0. The van der Waals surface area contributed by atoms with Crippen molar-refractivity contribution in [3.05, 3.63) is 10.1 Å². The summed E-state index contributed by atoms with van der Waals surface area (Å²) in [4.78, 5) is 27.5. The van der Waals surface area contributed by atoms with E-state index in [9.17, 15) is 19.7 Å². The molecule has 10 heavy (non-hydrogen) atoms. The van der Waals surface area contributed by atoms with Gasteiger partial charge in [0.05, 0.1) is 0 Å². The summed E-state index contributed by atoms with van der Waals surface area (Å²) in [5, 5.41) is 9.39. The van der Waals surface area contributed by atoms with Crippen molar-refractivity contribution in [2.24, 2.45) is 0 Å². The Bertz CT molecular complexity index is 135. The van der Waals surface area contributed by atoms with Crippen molar-refractivity contribution in [1.29, 1.82) is 0 Å². The Morgan fingerprint density at radius 1 is 1.60 bits per heavy atom. The van der Waals surface area contributed by atoms with E-state index < -0.39 is 17.3 Å². The number of carbonyl (C=O) groups excluding carboxylic acids is 2. The molecule has 0 aliphatic rings. The molecule has 0 aromatic heterocycles. The van der Waals surface area contributed by atoms with Gasteiger partial charge in [-0.05, 0) is 0 Å². The SMILES string of the molecule is O.O=CCC(=O)[N+](=O)[O-].[NaH]. The first-order chi connectivity index (χ1) is 3.68. The summed E-state index contributed by atoms with van der Waals surface area (Å²) < 4.78 is 0. The molecule has 0 fully saturated rings. The summed E-state index contributed by atoms with van der Waals surface area (Å²) in [6.07, 6.45) is -0.432. The van der Waals surface area contributed by atoms with E-state index in [-0.39, 0.29) is 41.3 Å². The van der Waals surface area contributed by atoms with Gasteiger partial charge in [-0.25, -0.2) is 4.79 Å². The molecule has 0 saturated heterocycles. The van der Waals surface area contributed by atoms with Crippen molar-refractivity contribution in [2.45, 2.75) is 6.42 Å². The third-order valence-electron chi connectivity index (χ3n) is 0.462. The van der Waals surface area contributed by atoms with Crippen molar-refractivity contribution >= 4 is 41.8 Å². The van der Waals surface area contributed by atoms with Crippen LogP contribution in [0.3, 0.4) is 0 Å². The second kappa shape index (κ2) is 8.70. The van der Waals surface area contributed by atoms with Crippen LogP contribution in [0, 0.1) is 10.1 Å². The predicted molar refractivity (Wildman–Crippen MR) is 33.4 cm³/mol. The van der Waals surface area contributed by atoms with Crippen LogP contribution in [-0.2, 0) is 9.59 Å². The molecule has 0 aromatic carbocycles. The van der Waals surface area contributed by atoms with Crippen LogP contribution in [0.5, 0.6) is 0 Å². The van der Waals surface area contributed by atoms with Gasteiger partial charge in [0.1, 0.15) is 17.6 Å². The van der Waals surface area contributed by atoms with Crippen LogP contribution in [0.4, 0.5) is 0 Å². The van der Waals surface area contributed by atoms with E-state index in [1.165, 1.54) is 0 Å². The molecular weight excluding hydrogens is 153 g/mol. The van der Waals surface area contributed by atoms with E-state index in [0.29, 0.717) is 0 Å². The summed E-state index contributed by atoms with van der Waals surface area (Å²) in [7, 11) is 0. The third-order valence-corrected chi connectivity index (χ3v) is 0.462. The molecule has 0 rings (SSSR count). The number of carbonyl (C=O) groups is 2. The van der Waals surface area contributed by atoms with E-state index in [2.05, 4.69) is 0 Å². The fourth-order valence-electron chi connectivity index (χ4n) is 0.146. The Labute approximate surface area is 78.3 Å². The van der Waals surface area contributed by atoms with Crippen molar-refractivity contribution < 1.29 is 20.0 Å². The summed E-state index contributed by atoms with van der Waals surface area (Å²) >= 11 is 0. The van der Waals surface area contributed by atoms with Gasteiger partial charge in [0.15, 0.2) is 0 Å². The Morgan fingerprint density at radius 3 is 2.10 bits per heavy atom. The molecule has 0 bridgehead atoms. The number of amides is 1. The van der Waals surface area contributed by atoms with Gasteiger partial charge in [0.2, 0.25) is 0 Å². The maximum absolute atomic E-state index is 9.81. The number of hydrogen-bond donors (Lipinski definition) is 0. The zero-order valence-corrected chi connectivity index (χ0v) is 4.36. The summed E-state index contributed by atoms with van der Waals surface area (Å²) in [5.74, 6) is -1.26. The molecule has 0 aliphatic carbocycles. The van der Waals surface area contributed by atoms with E-state index in [1.54, 1.807) is 0 Å². The Hall–Kier alpha value is -0.300. The second-order valence-corrected chi connectivity index (χ2v) is 1.02. The average molecular weight is 159 g/mol. The summed E-state index contributed by atoms with van der Waals surface area (Å²) in [6.45, 7) is 0. The molecule has 7 heteroatoms. The molecule has 6 nitrogen and oxygen atoms in total. The standard InChI is InChI=1S/C3H3NO4.Na.H2O.H/c5-2-1-3(6)4(7)8;;;/h2H,1H2;;1H2;. The van der Waals surface area contributed by atoms with Gasteiger partial charge >= 0.3 is 35.5 Å². The van der Waals surface area contributed by atoms with Crippen LogP contribution in [-0.4, -0.2) is 52.2 Å². The number of hydrogen-bond acceptors (Lipinski definition) is 4. The monoisotopic (exact) mass is 159 g/mol. The Morgan fingerprint density at radius 2 is 2.00 bits per heavy atom. The number of nitro groups is 1. The molecule has 0 saturated carbocycles. The van der Waals surface area contributed by atoms with Crippen molar-refractivity contribution in [3.8, 4) is 0 Å². The van der Waals surface area contributed by atoms with Crippen LogP contribution in [0.15, 0.2) is 0 Å². The molecule has 0 atom stereocenters. The molecular formula is C3H6NNaO5. The molecule has 0 radical (unpaired) electrons. The molecule has 0 spiro atoms. The molecule has 2 N–H and O–H groups in total. The summed E-state index contributed by atoms with van der Waals surface area (Å²) in [5.41, 5.74) is 0. The van der Waals surface area contributed by atoms with Crippen LogP contribution >= 0.6 is 0 Å². The van der Waals surface area contributed by atoms with E-state index >= 15 is 0 Å². The van der Waals surface area contributed by atoms with Gasteiger partial charge in [-0.15, -0.1) is 0 Å². The fraction of sp³-hybridized carbons (Fsp3) is 0.333. The molecule has 1 amide bonds. The molecule has 0 aliphatic heterocycles. The average Bonchev–Trinajstić information content (AvgIpc) is 1.67. The quantitative estimate of drug-likeness (QED) is 0.151. The zero-order valence-electron chi connectivity index (χ0n) is 4.36. The normalized spacial score (nSPS) is 6.40. The van der Waals surface area contributed by atoms with Gasteiger partial charge in [0, 0.05) is 0 Å². The van der Waals surface area contributed by atoms with Gasteiger partial charge in [-0.1, -0.05) is 0 Å². The van der Waals surface area contributed by atoms with Gasteiger partial charge in [0.25, 0.3) is 0 Å². The van der Waals surface area contributed by atoms with Gasteiger partial charge < -0.3 is 10.3 Å². The zero-order chi connectivity index (χ0) is 6.57. The molecule has 0 unspecified atom stereocenters. The summed E-state index contributed by atoms with van der Waals surface area (Å²) in [6, 6.07) is 0. The fourth-order valence-corrected chi connectivity index (χ4v) is 0.146. The first-order valence-corrected chi connectivity index (χ1v) is 1.79. The third kappa shape index (κ3) is 7.70. The van der Waals surface area contributed by atoms with Crippen LogP contribution < -0.4 is 0 Å². The Kier molecular flexibility index (Phi) is 14.2.